The predicted octanol–water partition coefficient (Wildman–Crippen LogP) is 3.20. The van der Waals surface area contributed by atoms with Gasteiger partial charge < -0.3 is 5.32 Å². The molecule has 0 bridgehead atoms. The van der Waals surface area contributed by atoms with E-state index in [-0.39, 0.29) is 30.6 Å². The molecule has 0 aliphatic carbocycles. The van der Waals surface area contributed by atoms with Gasteiger partial charge in [-0.15, -0.1) is 36.2 Å². The van der Waals surface area contributed by atoms with Crippen molar-refractivity contribution in [1.29, 1.82) is 0 Å². The highest BCUT2D eigenvalue weighted by molar-refractivity contribution is 7.09. The van der Waals surface area contributed by atoms with Gasteiger partial charge in [-0.2, -0.15) is 0 Å². The smallest absolute Gasteiger partial charge is 0.123 e. The Hall–Kier alpha value is -0.720. The zero-order valence-corrected chi connectivity index (χ0v) is 13.9. The van der Waals surface area contributed by atoms with E-state index in [9.17, 15) is 4.39 Å². The van der Waals surface area contributed by atoms with E-state index in [1.54, 1.807) is 23.5 Å². The van der Waals surface area contributed by atoms with Crippen molar-refractivity contribution in [3.8, 4) is 11.3 Å². The Labute approximate surface area is 140 Å². The minimum atomic E-state index is -0.208. The van der Waals surface area contributed by atoms with Crippen LogP contribution < -0.4 is 5.32 Å². The molecule has 1 aliphatic heterocycles. The highest BCUT2D eigenvalue weighted by Crippen LogP contribution is 2.23. The van der Waals surface area contributed by atoms with Gasteiger partial charge in [0, 0.05) is 37.1 Å². The Morgan fingerprint density at radius 2 is 1.81 bits per heavy atom. The fraction of sp³-hybridized carbons (Fsp3) is 0.357. The molecule has 3 nitrogen and oxygen atoms in total. The molecule has 2 aromatic rings. The van der Waals surface area contributed by atoms with Crippen molar-refractivity contribution in [1.82, 2.24) is 15.2 Å². The van der Waals surface area contributed by atoms with E-state index in [1.165, 1.54) is 12.1 Å². The fourth-order valence-corrected chi connectivity index (χ4v) is 3.04. The lowest BCUT2D eigenvalue weighted by atomic mass is 10.2. The van der Waals surface area contributed by atoms with Crippen molar-refractivity contribution in [3.05, 3.63) is 40.5 Å². The second kappa shape index (κ2) is 8.66. The molecule has 1 fully saturated rings. The third kappa shape index (κ3) is 4.90. The first-order valence-electron chi connectivity index (χ1n) is 6.45. The van der Waals surface area contributed by atoms with Crippen LogP contribution in [0.4, 0.5) is 4.39 Å². The quantitative estimate of drug-likeness (QED) is 0.922. The molecule has 1 aromatic carbocycles. The summed E-state index contributed by atoms with van der Waals surface area (Å²) in [6.45, 7) is 5.16. The van der Waals surface area contributed by atoms with E-state index in [0.29, 0.717) is 0 Å². The van der Waals surface area contributed by atoms with Crippen molar-refractivity contribution >= 4 is 36.2 Å². The van der Waals surface area contributed by atoms with E-state index in [4.69, 9.17) is 0 Å². The van der Waals surface area contributed by atoms with Crippen molar-refractivity contribution in [3.63, 3.8) is 0 Å². The molecule has 21 heavy (non-hydrogen) atoms. The minimum Gasteiger partial charge on any atom is -0.314 e. The summed E-state index contributed by atoms with van der Waals surface area (Å²) in [5.74, 6) is -0.208. The van der Waals surface area contributed by atoms with Gasteiger partial charge in [-0.05, 0) is 24.3 Å². The first kappa shape index (κ1) is 18.3. The standard InChI is InChI=1S/C14H16FN3S.2ClH/c15-12-3-1-11(2-4-12)13-10-19-14(17-13)9-18-7-5-16-6-8-18;;/h1-4,10,16H,5-9H2;2*1H. The van der Waals surface area contributed by atoms with Crippen LogP contribution >= 0.6 is 36.2 Å². The lowest BCUT2D eigenvalue weighted by molar-refractivity contribution is 0.233. The van der Waals surface area contributed by atoms with Crippen molar-refractivity contribution < 1.29 is 4.39 Å². The third-order valence-corrected chi connectivity index (χ3v) is 4.09. The molecule has 0 unspecified atom stereocenters. The number of halogens is 3. The fourth-order valence-electron chi connectivity index (χ4n) is 2.20. The SMILES string of the molecule is Cl.Cl.Fc1ccc(-c2csc(CN3CCNCC3)n2)cc1. The average molecular weight is 350 g/mol. The van der Waals surface area contributed by atoms with Crippen molar-refractivity contribution in [2.75, 3.05) is 26.2 Å². The van der Waals surface area contributed by atoms with E-state index in [2.05, 4.69) is 15.2 Å². The van der Waals surface area contributed by atoms with Gasteiger partial charge in [0.1, 0.15) is 10.8 Å². The lowest BCUT2D eigenvalue weighted by Crippen LogP contribution is -2.42. The van der Waals surface area contributed by atoms with Gasteiger partial charge in [-0.1, -0.05) is 0 Å². The van der Waals surface area contributed by atoms with Crippen LogP contribution in [0.2, 0.25) is 0 Å². The number of hydrogen-bond acceptors (Lipinski definition) is 4. The summed E-state index contributed by atoms with van der Waals surface area (Å²) in [7, 11) is 0. The molecule has 116 valence electrons. The molecule has 0 amide bonds. The van der Waals surface area contributed by atoms with E-state index in [0.717, 1.165) is 49.0 Å². The molecular weight excluding hydrogens is 332 g/mol. The number of piperazine rings is 1. The van der Waals surface area contributed by atoms with Crippen LogP contribution in [0.1, 0.15) is 5.01 Å². The molecule has 1 aromatic heterocycles. The Kier molecular flexibility index (Phi) is 7.56. The van der Waals surface area contributed by atoms with Crippen LogP contribution in [0.5, 0.6) is 0 Å². The van der Waals surface area contributed by atoms with E-state index < -0.39 is 0 Å². The summed E-state index contributed by atoms with van der Waals surface area (Å²) in [5.41, 5.74) is 1.92. The number of aromatic nitrogens is 1. The Morgan fingerprint density at radius 3 is 2.48 bits per heavy atom. The van der Waals surface area contributed by atoms with E-state index >= 15 is 0 Å². The van der Waals surface area contributed by atoms with E-state index in [1.807, 2.05) is 5.38 Å². The minimum absolute atomic E-state index is 0. The van der Waals surface area contributed by atoms with Crippen LogP contribution in [-0.4, -0.2) is 36.1 Å². The molecule has 7 heteroatoms. The van der Waals surface area contributed by atoms with Gasteiger partial charge >= 0.3 is 0 Å². The molecule has 0 spiro atoms. The number of thiazole rings is 1. The maximum Gasteiger partial charge on any atom is 0.123 e. The summed E-state index contributed by atoms with van der Waals surface area (Å²) < 4.78 is 12.9. The van der Waals surface area contributed by atoms with Crippen LogP contribution in [0.15, 0.2) is 29.6 Å². The Bertz CT molecular complexity index is 541. The molecular formula is C14H18Cl2FN3S. The predicted molar refractivity (Wildman–Crippen MR) is 90.2 cm³/mol. The summed E-state index contributed by atoms with van der Waals surface area (Å²) in [4.78, 5) is 7.04. The first-order chi connectivity index (χ1) is 9.31. The molecule has 0 atom stereocenters. The molecule has 0 radical (unpaired) electrons. The molecule has 0 saturated carbocycles. The van der Waals surface area contributed by atoms with Gasteiger partial charge in [0.15, 0.2) is 0 Å². The van der Waals surface area contributed by atoms with Crippen LogP contribution in [-0.2, 0) is 6.54 Å². The van der Waals surface area contributed by atoms with Crippen molar-refractivity contribution in [2.24, 2.45) is 0 Å². The van der Waals surface area contributed by atoms with Crippen LogP contribution in [0.3, 0.4) is 0 Å². The number of hydrogen-bond donors (Lipinski definition) is 1. The Balaban J connectivity index is 0.00000110. The zero-order chi connectivity index (χ0) is 13.1. The van der Waals surface area contributed by atoms with Gasteiger partial charge in [0.05, 0.1) is 12.2 Å². The van der Waals surface area contributed by atoms with Gasteiger partial charge in [-0.25, -0.2) is 9.37 Å². The summed E-state index contributed by atoms with van der Waals surface area (Å²) >= 11 is 1.68. The van der Waals surface area contributed by atoms with Crippen molar-refractivity contribution in [2.45, 2.75) is 6.54 Å². The highest BCUT2D eigenvalue weighted by atomic mass is 35.5. The highest BCUT2D eigenvalue weighted by Gasteiger charge is 2.12. The van der Waals surface area contributed by atoms with Gasteiger partial charge in [0.2, 0.25) is 0 Å². The third-order valence-electron chi connectivity index (χ3n) is 3.26. The molecule has 1 aliphatic rings. The normalized spacial score (nSPS) is 15.1. The number of benzene rings is 1. The zero-order valence-electron chi connectivity index (χ0n) is 11.4. The molecule has 1 N–H and O–H groups in total. The molecule has 1 saturated heterocycles. The number of nitrogens with one attached hydrogen (secondary N) is 1. The molecule has 2 heterocycles. The summed E-state index contributed by atoms with van der Waals surface area (Å²) in [6, 6.07) is 6.51. The van der Waals surface area contributed by atoms with Crippen LogP contribution in [0.25, 0.3) is 11.3 Å². The number of rotatable bonds is 3. The maximum atomic E-state index is 12.9. The summed E-state index contributed by atoms with van der Waals surface area (Å²) in [6.07, 6.45) is 0. The second-order valence-electron chi connectivity index (χ2n) is 4.66. The largest absolute Gasteiger partial charge is 0.314 e. The maximum absolute atomic E-state index is 12.9. The monoisotopic (exact) mass is 349 g/mol. The second-order valence-corrected chi connectivity index (χ2v) is 5.60. The summed E-state index contributed by atoms with van der Waals surface area (Å²) in [5, 5.41) is 6.52. The van der Waals surface area contributed by atoms with Gasteiger partial charge in [0.25, 0.3) is 0 Å². The van der Waals surface area contributed by atoms with Crippen LogP contribution in [0, 0.1) is 5.82 Å². The molecule has 3 rings (SSSR count). The lowest BCUT2D eigenvalue weighted by Gasteiger charge is -2.26. The topological polar surface area (TPSA) is 28.2 Å². The Morgan fingerprint density at radius 1 is 1.14 bits per heavy atom. The van der Waals surface area contributed by atoms with Gasteiger partial charge in [-0.3, -0.25) is 4.90 Å². The number of nitrogens with zero attached hydrogens (tertiary/aromatic N) is 2. The average Bonchev–Trinajstić information content (AvgIpc) is 2.89. The first-order valence-corrected chi connectivity index (χ1v) is 7.33.